The molecule has 1 aromatic rings. The number of ether oxygens (including phenoxy) is 1. The van der Waals surface area contributed by atoms with E-state index >= 15 is 0 Å². The number of rotatable bonds is 2. The van der Waals surface area contributed by atoms with E-state index in [2.05, 4.69) is 5.16 Å². The molecule has 6 nitrogen and oxygen atoms in total. The van der Waals surface area contributed by atoms with Crippen LogP contribution in [0.4, 0.5) is 4.79 Å². The number of benzene rings is 1. The van der Waals surface area contributed by atoms with Gasteiger partial charge in [0.15, 0.2) is 5.17 Å². The van der Waals surface area contributed by atoms with Crippen LogP contribution < -0.4 is 0 Å². The zero-order valence-corrected chi connectivity index (χ0v) is 10.7. The summed E-state index contributed by atoms with van der Waals surface area (Å²) in [6, 6.07) is 6.51. The number of carboxylic acid groups (broad SMARTS) is 1. The highest BCUT2D eigenvalue weighted by Gasteiger charge is 2.28. The summed E-state index contributed by atoms with van der Waals surface area (Å²) in [6.45, 7) is 1.08. The van der Waals surface area contributed by atoms with Crippen molar-refractivity contribution >= 4 is 22.9 Å². The molecule has 0 aliphatic carbocycles. The van der Waals surface area contributed by atoms with Crippen molar-refractivity contribution in [2.75, 3.05) is 19.8 Å². The first-order chi connectivity index (χ1) is 9.13. The van der Waals surface area contributed by atoms with Gasteiger partial charge in [-0.05, 0) is 5.56 Å². The van der Waals surface area contributed by atoms with Gasteiger partial charge in [-0.3, -0.25) is 4.90 Å². The third-order valence-electron chi connectivity index (χ3n) is 3.00. The van der Waals surface area contributed by atoms with Crippen LogP contribution in [0.15, 0.2) is 29.4 Å². The Hall–Kier alpha value is -1.79. The van der Waals surface area contributed by atoms with Crippen molar-refractivity contribution < 1.29 is 19.8 Å². The van der Waals surface area contributed by atoms with Gasteiger partial charge in [0.25, 0.3) is 0 Å². The molecule has 0 radical (unpaired) electrons. The molecule has 2 N–H and O–H groups in total. The molecule has 0 unspecified atom stereocenters. The van der Waals surface area contributed by atoms with Crippen molar-refractivity contribution in [2.45, 2.75) is 6.04 Å². The number of oxime groups is 1. The summed E-state index contributed by atoms with van der Waals surface area (Å²) < 4.78 is 5.32. The van der Waals surface area contributed by atoms with Crippen LogP contribution in [0, 0.1) is 0 Å². The number of halogens is 1. The van der Waals surface area contributed by atoms with Crippen molar-refractivity contribution in [3.63, 3.8) is 0 Å². The van der Waals surface area contributed by atoms with Crippen molar-refractivity contribution in [3.8, 4) is 0 Å². The fourth-order valence-electron chi connectivity index (χ4n) is 2.01. The van der Waals surface area contributed by atoms with Gasteiger partial charge in [-0.1, -0.05) is 41.0 Å². The van der Waals surface area contributed by atoms with E-state index < -0.39 is 6.09 Å². The molecule has 2 rings (SSSR count). The SMILES string of the molecule is O=C(O)N1CCOC[C@H]1c1ccc(C(Cl)=NO)cc1. The molecule has 0 aromatic heterocycles. The molecular weight excluding hydrogens is 272 g/mol. The number of carbonyl (C=O) groups is 1. The van der Waals surface area contributed by atoms with E-state index in [-0.39, 0.29) is 11.2 Å². The molecule has 0 saturated carbocycles. The molecule has 1 atom stereocenters. The van der Waals surface area contributed by atoms with Crippen LogP contribution in [0.1, 0.15) is 17.2 Å². The molecule has 0 spiro atoms. The Kier molecular flexibility index (Phi) is 4.24. The van der Waals surface area contributed by atoms with Gasteiger partial charge in [-0.25, -0.2) is 4.79 Å². The molecule has 7 heteroatoms. The molecular formula is C12H13ClN2O4. The molecule has 1 aromatic carbocycles. The summed E-state index contributed by atoms with van der Waals surface area (Å²) >= 11 is 5.68. The van der Waals surface area contributed by atoms with E-state index in [0.29, 0.717) is 25.3 Å². The number of nitrogens with zero attached hydrogens (tertiary/aromatic N) is 2. The van der Waals surface area contributed by atoms with Gasteiger partial charge < -0.3 is 15.1 Å². The predicted octanol–water partition coefficient (Wildman–Crippen LogP) is 2.11. The topological polar surface area (TPSA) is 82.4 Å². The minimum atomic E-state index is -0.965. The second-order valence-corrected chi connectivity index (χ2v) is 4.44. The monoisotopic (exact) mass is 284 g/mol. The molecule has 19 heavy (non-hydrogen) atoms. The Morgan fingerprint density at radius 1 is 1.42 bits per heavy atom. The Morgan fingerprint density at radius 2 is 2.11 bits per heavy atom. The van der Waals surface area contributed by atoms with Gasteiger partial charge in [-0.15, -0.1) is 0 Å². The van der Waals surface area contributed by atoms with Crippen molar-refractivity contribution in [2.24, 2.45) is 5.16 Å². The van der Waals surface area contributed by atoms with Gasteiger partial charge in [0.05, 0.1) is 19.3 Å². The normalized spacial score (nSPS) is 20.4. The largest absolute Gasteiger partial charge is 0.465 e. The highest BCUT2D eigenvalue weighted by atomic mass is 35.5. The van der Waals surface area contributed by atoms with Crippen molar-refractivity contribution in [1.29, 1.82) is 0 Å². The van der Waals surface area contributed by atoms with Gasteiger partial charge >= 0.3 is 6.09 Å². The maximum Gasteiger partial charge on any atom is 0.407 e. The first-order valence-corrected chi connectivity index (χ1v) is 6.06. The lowest BCUT2D eigenvalue weighted by molar-refractivity contribution is -0.000895. The maximum atomic E-state index is 11.2. The minimum Gasteiger partial charge on any atom is -0.465 e. The van der Waals surface area contributed by atoms with Crippen LogP contribution in [0.3, 0.4) is 0 Å². The first-order valence-electron chi connectivity index (χ1n) is 5.68. The summed E-state index contributed by atoms with van der Waals surface area (Å²) in [5.41, 5.74) is 1.37. The van der Waals surface area contributed by atoms with Crippen LogP contribution in [-0.4, -0.2) is 46.2 Å². The van der Waals surface area contributed by atoms with Crippen molar-refractivity contribution in [3.05, 3.63) is 35.4 Å². The first kappa shape index (κ1) is 13.6. The number of amides is 1. The number of hydrogen-bond donors (Lipinski definition) is 2. The highest BCUT2D eigenvalue weighted by Crippen LogP contribution is 2.24. The van der Waals surface area contributed by atoms with Gasteiger partial charge in [0.1, 0.15) is 0 Å². The van der Waals surface area contributed by atoms with Gasteiger partial charge in [0.2, 0.25) is 0 Å². The fraction of sp³-hybridized carbons (Fsp3) is 0.333. The standard InChI is InChI=1S/C12H13ClN2O4/c13-11(14-18)9-3-1-8(2-4-9)10-7-19-6-5-15(10)12(16)17/h1-4,10,18H,5-7H2,(H,16,17)/t10-/m0/s1. The fourth-order valence-corrected chi connectivity index (χ4v) is 2.14. The maximum absolute atomic E-state index is 11.2. The molecule has 1 heterocycles. The van der Waals surface area contributed by atoms with Gasteiger partial charge in [-0.2, -0.15) is 0 Å². The van der Waals surface area contributed by atoms with Gasteiger partial charge in [0, 0.05) is 12.1 Å². The Bertz CT molecular complexity index is 489. The van der Waals surface area contributed by atoms with Crippen molar-refractivity contribution in [1.82, 2.24) is 4.90 Å². The third kappa shape index (κ3) is 2.97. The Labute approximate surface area is 114 Å². The second kappa shape index (κ2) is 5.90. The van der Waals surface area contributed by atoms with E-state index in [1.54, 1.807) is 24.3 Å². The molecule has 1 aliphatic heterocycles. The lowest BCUT2D eigenvalue weighted by atomic mass is 10.0. The zero-order valence-electron chi connectivity index (χ0n) is 9.99. The molecule has 102 valence electrons. The summed E-state index contributed by atoms with van der Waals surface area (Å²) in [6.07, 6.45) is -0.965. The molecule has 1 fully saturated rings. The predicted molar refractivity (Wildman–Crippen MR) is 68.9 cm³/mol. The number of morpholine rings is 1. The van der Waals surface area contributed by atoms with E-state index in [1.165, 1.54) is 4.90 Å². The third-order valence-corrected chi connectivity index (χ3v) is 3.29. The highest BCUT2D eigenvalue weighted by molar-refractivity contribution is 6.69. The number of hydrogen-bond acceptors (Lipinski definition) is 4. The lowest BCUT2D eigenvalue weighted by Gasteiger charge is -2.33. The second-order valence-electron chi connectivity index (χ2n) is 4.08. The smallest absolute Gasteiger partial charge is 0.407 e. The van der Waals surface area contributed by atoms with E-state index in [9.17, 15) is 4.79 Å². The average molecular weight is 285 g/mol. The van der Waals surface area contributed by atoms with Crippen LogP contribution in [0.5, 0.6) is 0 Å². The Morgan fingerprint density at radius 3 is 2.68 bits per heavy atom. The zero-order chi connectivity index (χ0) is 13.8. The molecule has 1 saturated heterocycles. The van der Waals surface area contributed by atoms with E-state index in [4.69, 9.17) is 26.7 Å². The summed E-state index contributed by atoms with van der Waals surface area (Å²) in [7, 11) is 0. The minimum absolute atomic E-state index is 0.0125. The summed E-state index contributed by atoms with van der Waals surface area (Å²) in [4.78, 5) is 12.5. The van der Waals surface area contributed by atoms with Crippen LogP contribution in [0.25, 0.3) is 0 Å². The van der Waals surface area contributed by atoms with E-state index in [1.807, 2.05) is 0 Å². The van der Waals surface area contributed by atoms with Crippen LogP contribution >= 0.6 is 11.6 Å². The quantitative estimate of drug-likeness (QED) is 0.495. The Balaban J connectivity index is 2.22. The summed E-state index contributed by atoms with van der Waals surface area (Å²) in [5.74, 6) is 0. The average Bonchev–Trinajstić information content (AvgIpc) is 2.46. The van der Waals surface area contributed by atoms with Crippen LogP contribution in [0.2, 0.25) is 0 Å². The van der Waals surface area contributed by atoms with Crippen LogP contribution in [-0.2, 0) is 4.74 Å². The molecule has 0 bridgehead atoms. The lowest BCUT2D eigenvalue weighted by Crippen LogP contribution is -2.42. The molecule has 1 aliphatic rings. The summed E-state index contributed by atoms with van der Waals surface area (Å²) in [5, 5.41) is 20.6. The van der Waals surface area contributed by atoms with E-state index in [0.717, 1.165) is 5.56 Å². The molecule has 1 amide bonds.